The van der Waals surface area contributed by atoms with Gasteiger partial charge in [-0.05, 0) is 67.5 Å². The van der Waals surface area contributed by atoms with Crippen molar-refractivity contribution in [2.45, 2.75) is 13.8 Å². The lowest BCUT2D eigenvalue weighted by atomic mass is 10.1. The molecule has 33 heavy (non-hydrogen) atoms. The van der Waals surface area contributed by atoms with Crippen molar-refractivity contribution in [2.24, 2.45) is 5.10 Å². The number of pyridine rings is 2. The minimum atomic E-state index is -0.426. The van der Waals surface area contributed by atoms with Gasteiger partial charge in [0.05, 0.1) is 16.9 Å². The maximum Gasteiger partial charge on any atom is 0.274 e. The first-order valence-electron chi connectivity index (χ1n) is 10.3. The van der Waals surface area contributed by atoms with Crippen molar-refractivity contribution in [1.29, 1.82) is 0 Å². The van der Waals surface area contributed by atoms with E-state index in [1.165, 1.54) is 6.20 Å². The lowest BCUT2D eigenvalue weighted by molar-refractivity contribution is 0.102. The normalized spacial score (nSPS) is 12.4. The van der Waals surface area contributed by atoms with Crippen LogP contribution in [0.3, 0.4) is 0 Å². The van der Waals surface area contributed by atoms with E-state index in [-0.39, 0.29) is 5.69 Å². The first kappa shape index (κ1) is 21.6. The first-order valence-corrected chi connectivity index (χ1v) is 10.3. The Morgan fingerprint density at radius 1 is 0.909 bits per heavy atom. The van der Waals surface area contributed by atoms with Crippen LogP contribution in [0.15, 0.2) is 84.4 Å². The van der Waals surface area contributed by atoms with Gasteiger partial charge in [0.25, 0.3) is 11.8 Å². The zero-order chi connectivity index (χ0) is 23.2. The molecule has 0 fully saturated rings. The number of aromatic nitrogens is 2. The Hall–Kier alpha value is -4.59. The fourth-order valence-corrected chi connectivity index (χ4v) is 3.18. The summed E-state index contributed by atoms with van der Waals surface area (Å²) in [7, 11) is 0. The molecule has 0 unspecified atom stereocenters. The van der Waals surface area contributed by atoms with Crippen LogP contribution >= 0.6 is 0 Å². The molecular formula is C25H22N6O2. The lowest BCUT2D eigenvalue weighted by Gasteiger charge is -2.20. The highest BCUT2D eigenvalue weighted by Crippen LogP contribution is 2.30. The first-order chi connectivity index (χ1) is 16.0. The average molecular weight is 438 g/mol. The summed E-state index contributed by atoms with van der Waals surface area (Å²) in [5.74, 6) is -0.404. The summed E-state index contributed by atoms with van der Waals surface area (Å²) in [4.78, 5) is 34.3. The lowest BCUT2D eigenvalue weighted by Crippen LogP contribution is -2.20. The van der Waals surface area contributed by atoms with Crippen LogP contribution in [0.25, 0.3) is 0 Å². The standard InChI is InChI=1S/C25H22N6O2/c1-17-9-10-23(27-16-17)30-24(32)19-14-18(2)22(31-13-7-3-5-12-28-31)15-21(19)29-25(33)20-8-4-6-11-26-20/h3-16H,1-2H3,(H,29,33)(H,27,30,32). The summed E-state index contributed by atoms with van der Waals surface area (Å²) in [5, 5.41) is 11.7. The molecule has 0 aliphatic carbocycles. The quantitative estimate of drug-likeness (QED) is 0.612. The number of rotatable bonds is 5. The maximum atomic E-state index is 13.1. The molecule has 4 rings (SSSR count). The number of nitrogens with one attached hydrogen (secondary N) is 2. The predicted octanol–water partition coefficient (Wildman–Crippen LogP) is 4.47. The molecule has 0 bridgehead atoms. The number of amides is 2. The third-order valence-corrected chi connectivity index (χ3v) is 4.85. The highest BCUT2D eigenvalue weighted by atomic mass is 16.2. The highest BCUT2D eigenvalue weighted by Gasteiger charge is 2.20. The van der Waals surface area contributed by atoms with Crippen molar-refractivity contribution < 1.29 is 9.59 Å². The molecule has 2 amide bonds. The summed E-state index contributed by atoms with van der Waals surface area (Å²) < 4.78 is 0. The number of carbonyl (C=O) groups is 2. The van der Waals surface area contributed by atoms with Crippen molar-refractivity contribution in [3.63, 3.8) is 0 Å². The van der Waals surface area contributed by atoms with Crippen molar-refractivity contribution in [3.05, 3.63) is 102 Å². The van der Waals surface area contributed by atoms with Gasteiger partial charge in [-0.3, -0.25) is 14.6 Å². The van der Waals surface area contributed by atoms with Crippen LogP contribution in [-0.4, -0.2) is 28.0 Å². The minimum absolute atomic E-state index is 0.239. The SMILES string of the molecule is Cc1ccc(NC(=O)c2cc(C)c(N3C=CC=CC=N3)cc2NC(=O)c2ccccn2)nc1. The molecular weight excluding hydrogens is 416 g/mol. The molecule has 3 aromatic rings. The number of hydrogen-bond acceptors (Lipinski definition) is 6. The highest BCUT2D eigenvalue weighted by molar-refractivity contribution is 6.12. The van der Waals surface area contributed by atoms with Gasteiger partial charge in [0.15, 0.2) is 0 Å². The van der Waals surface area contributed by atoms with E-state index in [1.54, 1.807) is 60.0 Å². The molecule has 3 heterocycles. The van der Waals surface area contributed by atoms with Crippen molar-refractivity contribution in [1.82, 2.24) is 9.97 Å². The van der Waals surface area contributed by atoms with Gasteiger partial charge in [-0.1, -0.05) is 18.2 Å². The molecule has 0 atom stereocenters. The predicted molar refractivity (Wildman–Crippen MR) is 130 cm³/mol. The molecule has 1 aromatic carbocycles. The van der Waals surface area contributed by atoms with E-state index in [1.807, 2.05) is 38.1 Å². The molecule has 1 aliphatic rings. The second-order valence-electron chi connectivity index (χ2n) is 7.36. The zero-order valence-electron chi connectivity index (χ0n) is 18.2. The van der Waals surface area contributed by atoms with Gasteiger partial charge < -0.3 is 10.6 Å². The van der Waals surface area contributed by atoms with Gasteiger partial charge in [0, 0.05) is 24.8 Å². The van der Waals surface area contributed by atoms with Crippen LogP contribution < -0.4 is 15.6 Å². The topological polar surface area (TPSA) is 99.6 Å². The number of allylic oxidation sites excluding steroid dienone is 3. The monoisotopic (exact) mass is 438 g/mol. The Balaban J connectivity index is 1.72. The van der Waals surface area contributed by atoms with Gasteiger partial charge in [0.2, 0.25) is 0 Å². The van der Waals surface area contributed by atoms with E-state index in [2.05, 4.69) is 25.7 Å². The molecule has 8 heteroatoms. The summed E-state index contributed by atoms with van der Waals surface area (Å²) in [5.41, 5.74) is 3.37. The number of hydrogen-bond donors (Lipinski definition) is 2. The maximum absolute atomic E-state index is 13.1. The van der Waals surface area contributed by atoms with E-state index in [0.29, 0.717) is 22.8 Å². The van der Waals surface area contributed by atoms with Gasteiger partial charge >= 0.3 is 0 Å². The number of nitrogens with zero attached hydrogens (tertiary/aromatic N) is 4. The molecule has 2 N–H and O–H groups in total. The molecule has 0 radical (unpaired) electrons. The Bertz CT molecular complexity index is 1250. The number of anilines is 3. The van der Waals surface area contributed by atoms with Crippen LogP contribution in [0.4, 0.5) is 17.2 Å². The van der Waals surface area contributed by atoms with Crippen molar-refractivity contribution in [2.75, 3.05) is 15.6 Å². The molecule has 0 saturated carbocycles. The summed E-state index contributed by atoms with van der Waals surface area (Å²) in [6.45, 7) is 3.80. The molecule has 8 nitrogen and oxygen atoms in total. The van der Waals surface area contributed by atoms with Gasteiger partial charge in [0.1, 0.15) is 11.5 Å². The Kier molecular flexibility index (Phi) is 6.36. The number of benzene rings is 1. The number of carbonyl (C=O) groups excluding carboxylic acids is 2. The van der Waals surface area contributed by atoms with Crippen LogP contribution in [0, 0.1) is 13.8 Å². The Morgan fingerprint density at radius 3 is 2.55 bits per heavy atom. The molecule has 1 aliphatic heterocycles. The Labute approximate surface area is 191 Å². The number of hydrazone groups is 1. The Morgan fingerprint density at radius 2 is 1.79 bits per heavy atom. The number of aryl methyl sites for hydroxylation is 2. The minimum Gasteiger partial charge on any atom is -0.320 e. The van der Waals surface area contributed by atoms with E-state index >= 15 is 0 Å². The fraction of sp³-hybridized carbons (Fsp3) is 0.0800. The van der Waals surface area contributed by atoms with Crippen LogP contribution in [0.2, 0.25) is 0 Å². The van der Waals surface area contributed by atoms with E-state index in [9.17, 15) is 9.59 Å². The van der Waals surface area contributed by atoms with Crippen LogP contribution in [0.5, 0.6) is 0 Å². The molecule has 164 valence electrons. The third kappa shape index (κ3) is 5.19. The van der Waals surface area contributed by atoms with Crippen LogP contribution in [-0.2, 0) is 0 Å². The van der Waals surface area contributed by atoms with E-state index < -0.39 is 11.8 Å². The second-order valence-corrected chi connectivity index (χ2v) is 7.36. The smallest absolute Gasteiger partial charge is 0.274 e. The summed E-state index contributed by atoms with van der Waals surface area (Å²) in [6.07, 6.45) is 12.2. The van der Waals surface area contributed by atoms with Gasteiger partial charge in [-0.2, -0.15) is 5.10 Å². The molecule has 2 aromatic heterocycles. The van der Waals surface area contributed by atoms with Crippen LogP contribution in [0.1, 0.15) is 32.0 Å². The fourth-order valence-electron chi connectivity index (χ4n) is 3.18. The zero-order valence-corrected chi connectivity index (χ0v) is 18.2. The van der Waals surface area contributed by atoms with E-state index in [4.69, 9.17) is 0 Å². The van der Waals surface area contributed by atoms with Gasteiger partial charge in [-0.25, -0.2) is 9.99 Å². The largest absolute Gasteiger partial charge is 0.320 e. The van der Waals surface area contributed by atoms with E-state index in [0.717, 1.165) is 11.1 Å². The van der Waals surface area contributed by atoms with Crippen molar-refractivity contribution in [3.8, 4) is 0 Å². The third-order valence-electron chi connectivity index (χ3n) is 4.85. The summed E-state index contributed by atoms with van der Waals surface area (Å²) >= 11 is 0. The van der Waals surface area contributed by atoms with Crippen molar-refractivity contribution >= 4 is 35.2 Å². The molecule has 0 spiro atoms. The molecule has 0 saturated heterocycles. The average Bonchev–Trinajstić information content (AvgIpc) is 3.11. The summed E-state index contributed by atoms with van der Waals surface area (Å²) in [6, 6.07) is 12.1. The van der Waals surface area contributed by atoms with Gasteiger partial charge in [-0.15, -0.1) is 0 Å². The second kappa shape index (κ2) is 9.69.